The van der Waals surface area contributed by atoms with Crippen LogP contribution in [0.5, 0.6) is 0 Å². The van der Waals surface area contributed by atoms with E-state index in [-0.39, 0.29) is 0 Å². The molecule has 0 amide bonds. The number of anilines is 2. The van der Waals surface area contributed by atoms with Crippen molar-refractivity contribution in [1.82, 2.24) is 0 Å². The highest BCUT2D eigenvalue weighted by molar-refractivity contribution is 5.74. The molecule has 0 aromatic heterocycles. The van der Waals surface area contributed by atoms with Crippen molar-refractivity contribution in [3.63, 3.8) is 0 Å². The van der Waals surface area contributed by atoms with Gasteiger partial charge in [-0.05, 0) is 74.0 Å². The molecule has 1 aromatic rings. The summed E-state index contributed by atoms with van der Waals surface area (Å²) >= 11 is 0. The lowest BCUT2D eigenvalue weighted by molar-refractivity contribution is 0.437. The Morgan fingerprint density at radius 1 is 0.679 bits per heavy atom. The molecule has 0 unspecified atom stereocenters. The third-order valence-corrected chi connectivity index (χ3v) is 7.60. The lowest BCUT2D eigenvalue weighted by Gasteiger charge is -2.32. The molecule has 158 valence electrons. The molecule has 0 radical (unpaired) electrons. The standard InChI is InChI=1S/C26H44N2/c1-3-4-5-6-13-18-22-23(20-14-9-7-10-15-20)19(2)25(27)24(26(22)28)21-16-11-8-12-17-21/h20-21H,3-18,27-28H2,1-2H3. The van der Waals surface area contributed by atoms with Crippen molar-refractivity contribution in [3.8, 4) is 0 Å². The molecule has 1 aromatic carbocycles. The van der Waals surface area contributed by atoms with E-state index in [4.69, 9.17) is 11.5 Å². The smallest absolute Gasteiger partial charge is 0.0405 e. The topological polar surface area (TPSA) is 52.0 Å². The molecule has 2 fully saturated rings. The Kier molecular flexibility index (Phi) is 8.11. The summed E-state index contributed by atoms with van der Waals surface area (Å²) < 4.78 is 0. The van der Waals surface area contributed by atoms with Crippen LogP contribution >= 0.6 is 0 Å². The first-order valence-electron chi connectivity index (χ1n) is 12.3. The van der Waals surface area contributed by atoms with Gasteiger partial charge in [0.05, 0.1) is 0 Å². The van der Waals surface area contributed by atoms with Gasteiger partial charge in [0.15, 0.2) is 0 Å². The Labute approximate surface area is 173 Å². The Hall–Kier alpha value is -1.18. The number of unbranched alkanes of at least 4 members (excludes halogenated alkanes) is 4. The van der Waals surface area contributed by atoms with E-state index in [2.05, 4.69) is 13.8 Å². The van der Waals surface area contributed by atoms with Crippen molar-refractivity contribution in [3.05, 3.63) is 22.3 Å². The Balaban J connectivity index is 1.94. The van der Waals surface area contributed by atoms with Crippen LogP contribution in [0.3, 0.4) is 0 Å². The van der Waals surface area contributed by atoms with Gasteiger partial charge in [-0.3, -0.25) is 0 Å². The highest BCUT2D eigenvalue weighted by Gasteiger charge is 2.29. The predicted molar refractivity (Wildman–Crippen MR) is 124 cm³/mol. The molecule has 2 aliphatic rings. The zero-order chi connectivity index (χ0) is 19.9. The molecule has 2 heteroatoms. The summed E-state index contributed by atoms with van der Waals surface area (Å²) in [6.45, 7) is 4.59. The highest BCUT2D eigenvalue weighted by Crippen LogP contribution is 2.47. The van der Waals surface area contributed by atoms with Crippen LogP contribution in [0.2, 0.25) is 0 Å². The molecular formula is C26H44N2. The highest BCUT2D eigenvalue weighted by atomic mass is 14.7. The maximum Gasteiger partial charge on any atom is 0.0405 e. The molecule has 2 aliphatic carbocycles. The van der Waals surface area contributed by atoms with E-state index in [0.29, 0.717) is 11.8 Å². The molecule has 0 saturated heterocycles. The van der Waals surface area contributed by atoms with Crippen molar-refractivity contribution in [2.75, 3.05) is 11.5 Å². The van der Waals surface area contributed by atoms with Crippen LogP contribution in [0.15, 0.2) is 0 Å². The Bertz CT molecular complexity index is 622. The first-order valence-corrected chi connectivity index (χ1v) is 12.3. The van der Waals surface area contributed by atoms with Gasteiger partial charge < -0.3 is 11.5 Å². The van der Waals surface area contributed by atoms with Gasteiger partial charge in [-0.15, -0.1) is 0 Å². The summed E-state index contributed by atoms with van der Waals surface area (Å²) in [5.74, 6) is 1.27. The Morgan fingerprint density at radius 2 is 1.21 bits per heavy atom. The maximum atomic E-state index is 6.95. The van der Waals surface area contributed by atoms with E-state index in [1.165, 1.54) is 113 Å². The van der Waals surface area contributed by atoms with Crippen molar-refractivity contribution < 1.29 is 0 Å². The fourth-order valence-corrected chi connectivity index (χ4v) is 5.98. The molecule has 28 heavy (non-hydrogen) atoms. The van der Waals surface area contributed by atoms with E-state index in [9.17, 15) is 0 Å². The van der Waals surface area contributed by atoms with Gasteiger partial charge >= 0.3 is 0 Å². The summed E-state index contributed by atoms with van der Waals surface area (Å²) in [5, 5.41) is 0. The van der Waals surface area contributed by atoms with Gasteiger partial charge in [0.2, 0.25) is 0 Å². The van der Waals surface area contributed by atoms with Crippen molar-refractivity contribution >= 4 is 11.4 Å². The minimum absolute atomic E-state index is 0.590. The quantitative estimate of drug-likeness (QED) is 0.355. The monoisotopic (exact) mass is 384 g/mol. The molecule has 0 heterocycles. The molecule has 0 atom stereocenters. The van der Waals surface area contributed by atoms with E-state index in [1.807, 2.05) is 0 Å². The summed E-state index contributed by atoms with van der Waals surface area (Å²) in [6.07, 6.45) is 21.1. The maximum absolute atomic E-state index is 6.95. The van der Waals surface area contributed by atoms with Crippen LogP contribution in [0.4, 0.5) is 11.4 Å². The number of rotatable bonds is 8. The number of benzene rings is 1. The van der Waals surface area contributed by atoms with Crippen LogP contribution in [-0.4, -0.2) is 0 Å². The zero-order valence-electron chi connectivity index (χ0n) is 18.6. The first-order chi connectivity index (χ1) is 13.6. The van der Waals surface area contributed by atoms with Gasteiger partial charge in [-0.2, -0.15) is 0 Å². The molecule has 0 bridgehead atoms. The average Bonchev–Trinajstić information content (AvgIpc) is 2.73. The van der Waals surface area contributed by atoms with E-state index in [0.717, 1.165) is 17.8 Å². The Morgan fingerprint density at radius 3 is 1.79 bits per heavy atom. The van der Waals surface area contributed by atoms with Crippen LogP contribution in [0.25, 0.3) is 0 Å². The third kappa shape index (κ3) is 4.86. The average molecular weight is 385 g/mol. The second kappa shape index (κ2) is 10.6. The molecule has 2 saturated carbocycles. The van der Waals surface area contributed by atoms with E-state index >= 15 is 0 Å². The molecule has 2 nitrogen and oxygen atoms in total. The normalized spacial score (nSPS) is 19.2. The van der Waals surface area contributed by atoms with Gasteiger partial charge in [0.25, 0.3) is 0 Å². The van der Waals surface area contributed by atoms with Gasteiger partial charge in [-0.1, -0.05) is 71.1 Å². The summed E-state index contributed by atoms with van der Waals surface area (Å²) in [7, 11) is 0. The minimum atomic E-state index is 0.590. The summed E-state index contributed by atoms with van der Waals surface area (Å²) in [4.78, 5) is 0. The van der Waals surface area contributed by atoms with Crippen molar-refractivity contribution in [2.45, 2.75) is 128 Å². The largest absolute Gasteiger partial charge is 0.398 e. The SMILES string of the molecule is CCCCCCCc1c(N)c(C2CCCCC2)c(N)c(C)c1C1CCCCC1. The van der Waals surface area contributed by atoms with Crippen molar-refractivity contribution in [2.24, 2.45) is 0 Å². The first kappa shape index (κ1) is 21.5. The minimum Gasteiger partial charge on any atom is -0.398 e. The molecule has 3 rings (SSSR count). The zero-order valence-corrected chi connectivity index (χ0v) is 18.6. The number of nitrogens with two attached hydrogens (primary N) is 2. The summed E-state index contributed by atoms with van der Waals surface area (Å²) in [6, 6.07) is 0. The molecule has 0 aliphatic heterocycles. The van der Waals surface area contributed by atoms with Crippen molar-refractivity contribution in [1.29, 1.82) is 0 Å². The number of hydrogen-bond acceptors (Lipinski definition) is 2. The second-order valence-electron chi connectivity index (χ2n) is 9.59. The summed E-state index contributed by atoms with van der Waals surface area (Å²) in [5.41, 5.74) is 21.7. The fourth-order valence-electron chi connectivity index (χ4n) is 5.98. The third-order valence-electron chi connectivity index (χ3n) is 7.60. The van der Waals surface area contributed by atoms with Gasteiger partial charge in [0, 0.05) is 16.9 Å². The van der Waals surface area contributed by atoms with Gasteiger partial charge in [-0.25, -0.2) is 0 Å². The predicted octanol–water partition coefficient (Wildman–Crippen LogP) is 7.77. The number of nitrogen functional groups attached to an aromatic ring is 2. The van der Waals surface area contributed by atoms with Gasteiger partial charge in [0.1, 0.15) is 0 Å². The van der Waals surface area contributed by atoms with Crippen LogP contribution in [0, 0.1) is 6.92 Å². The lowest BCUT2D eigenvalue weighted by atomic mass is 9.74. The van der Waals surface area contributed by atoms with Crippen LogP contribution < -0.4 is 11.5 Å². The van der Waals surface area contributed by atoms with Crippen LogP contribution in [0.1, 0.15) is 137 Å². The fraction of sp³-hybridized carbons (Fsp3) is 0.769. The lowest BCUT2D eigenvalue weighted by Crippen LogP contribution is -2.18. The van der Waals surface area contributed by atoms with E-state index in [1.54, 1.807) is 5.56 Å². The molecule has 4 N–H and O–H groups in total. The second-order valence-corrected chi connectivity index (χ2v) is 9.59. The van der Waals surface area contributed by atoms with E-state index < -0.39 is 0 Å². The molecule has 0 spiro atoms. The number of hydrogen-bond donors (Lipinski definition) is 2. The molecular weight excluding hydrogens is 340 g/mol. The van der Waals surface area contributed by atoms with Crippen LogP contribution in [-0.2, 0) is 6.42 Å².